The number of nitrogens with one attached hydrogen (secondary N) is 2. The number of Topliss-reactive ketones (excluding diaryl/α,β-unsaturated/α-hetero) is 1. The van der Waals surface area contributed by atoms with Gasteiger partial charge in [0, 0.05) is 26.6 Å². The molecular formula is C13H22N4O2S. The molecule has 0 aliphatic rings. The molecule has 0 bridgehead atoms. The maximum Gasteiger partial charge on any atom is 0.256 e. The van der Waals surface area contributed by atoms with Crippen LogP contribution in [-0.2, 0) is 0 Å². The highest BCUT2D eigenvalue weighted by molar-refractivity contribution is 7.19. The lowest BCUT2D eigenvalue weighted by molar-refractivity contribution is 0.0965. The molecule has 0 aliphatic carbocycles. The second-order valence-electron chi connectivity index (χ2n) is 4.88. The lowest BCUT2D eigenvalue weighted by atomic mass is 10.2. The van der Waals surface area contributed by atoms with Gasteiger partial charge < -0.3 is 21.3 Å². The largest absolute Gasteiger partial charge is 0.397 e. The first-order valence-electron chi connectivity index (χ1n) is 6.35. The number of hydrogen-bond acceptors (Lipinski definition) is 6. The Hall–Kier alpha value is -1.60. The Labute approximate surface area is 123 Å². The van der Waals surface area contributed by atoms with E-state index in [1.54, 1.807) is 7.05 Å². The number of likely N-dealkylation sites (N-methyl/N-ethyl adjacent to an activating group) is 1. The summed E-state index contributed by atoms with van der Waals surface area (Å²) in [5.74, 6) is -0.419. The van der Waals surface area contributed by atoms with Gasteiger partial charge >= 0.3 is 0 Å². The molecule has 0 saturated heterocycles. The lowest BCUT2D eigenvalue weighted by Gasteiger charge is -2.20. The van der Waals surface area contributed by atoms with Crippen molar-refractivity contribution in [1.82, 2.24) is 10.2 Å². The third kappa shape index (κ3) is 3.49. The van der Waals surface area contributed by atoms with Crippen molar-refractivity contribution in [3.05, 3.63) is 10.4 Å². The summed E-state index contributed by atoms with van der Waals surface area (Å²) < 4.78 is 0. The topological polar surface area (TPSA) is 87.5 Å². The maximum atomic E-state index is 11.9. The van der Waals surface area contributed by atoms with Crippen molar-refractivity contribution < 1.29 is 9.59 Å². The molecule has 1 aromatic rings. The van der Waals surface area contributed by atoms with E-state index in [-0.39, 0.29) is 23.4 Å². The van der Waals surface area contributed by atoms with E-state index in [4.69, 9.17) is 5.73 Å². The molecule has 1 aromatic heterocycles. The predicted molar refractivity (Wildman–Crippen MR) is 83.8 cm³/mol. The number of amides is 1. The van der Waals surface area contributed by atoms with Crippen LogP contribution in [0.1, 0.15) is 33.9 Å². The molecule has 0 spiro atoms. The average Bonchev–Trinajstić information content (AvgIpc) is 2.72. The maximum absolute atomic E-state index is 11.9. The van der Waals surface area contributed by atoms with Crippen molar-refractivity contribution in [2.75, 3.05) is 38.7 Å². The summed E-state index contributed by atoms with van der Waals surface area (Å²) in [6, 6.07) is 0.289. The molecule has 1 atom stereocenters. The Morgan fingerprint density at radius 1 is 1.40 bits per heavy atom. The van der Waals surface area contributed by atoms with E-state index in [9.17, 15) is 9.59 Å². The molecule has 112 valence electrons. The average molecular weight is 298 g/mol. The summed E-state index contributed by atoms with van der Waals surface area (Å²) >= 11 is 1.23. The summed E-state index contributed by atoms with van der Waals surface area (Å²) in [5.41, 5.74) is 6.53. The van der Waals surface area contributed by atoms with Gasteiger partial charge in [-0.3, -0.25) is 9.59 Å². The smallest absolute Gasteiger partial charge is 0.256 e. The third-order valence-electron chi connectivity index (χ3n) is 3.16. The number of nitrogens with zero attached hydrogens (tertiary/aromatic N) is 1. The van der Waals surface area contributed by atoms with Crippen molar-refractivity contribution in [3.63, 3.8) is 0 Å². The quantitative estimate of drug-likeness (QED) is 0.688. The van der Waals surface area contributed by atoms with E-state index < -0.39 is 0 Å². The molecule has 0 saturated carbocycles. The van der Waals surface area contributed by atoms with Crippen LogP contribution < -0.4 is 16.4 Å². The van der Waals surface area contributed by atoms with Crippen LogP contribution >= 0.6 is 11.3 Å². The van der Waals surface area contributed by atoms with Gasteiger partial charge in [0.05, 0.1) is 16.1 Å². The number of nitrogens with two attached hydrogens (primary N) is 1. The van der Waals surface area contributed by atoms with E-state index in [1.165, 1.54) is 18.3 Å². The Bertz CT molecular complexity index is 511. The number of ketones is 1. The molecule has 1 amide bonds. The second-order valence-corrected chi connectivity index (χ2v) is 5.90. The van der Waals surface area contributed by atoms with Gasteiger partial charge in [0.2, 0.25) is 0 Å². The van der Waals surface area contributed by atoms with Crippen LogP contribution in [0.25, 0.3) is 0 Å². The first-order valence-corrected chi connectivity index (χ1v) is 7.16. The van der Waals surface area contributed by atoms with Crippen LogP contribution in [0, 0.1) is 0 Å². The fourth-order valence-corrected chi connectivity index (χ4v) is 2.62. The van der Waals surface area contributed by atoms with Crippen molar-refractivity contribution >= 4 is 33.7 Å². The normalized spacial score (nSPS) is 12.3. The Morgan fingerprint density at radius 2 is 2.00 bits per heavy atom. The highest BCUT2D eigenvalue weighted by Gasteiger charge is 2.23. The number of nitrogen functional groups attached to an aromatic ring is 1. The first-order chi connectivity index (χ1) is 9.29. The van der Waals surface area contributed by atoms with Crippen LogP contribution in [-0.4, -0.2) is 50.3 Å². The number of carbonyl (C=O) groups is 2. The minimum atomic E-state index is -0.286. The second kappa shape index (κ2) is 6.71. The van der Waals surface area contributed by atoms with Crippen molar-refractivity contribution in [3.8, 4) is 0 Å². The van der Waals surface area contributed by atoms with E-state index in [1.807, 2.05) is 14.1 Å². The van der Waals surface area contributed by atoms with Gasteiger partial charge in [-0.1, -0.05) is 0 Å². The Balaban J connectivity index is 3.08. The Morgan fingerprint density at radius 3 is 2.45 bits per heavy atom. The molecule has 1 unspecified atom stereocenters. The fraction of sp³-hybridized carbons (Fsp3) is 0.538. The van der Waals surface area contributed by atoms with Crippen molar-refractivity contribution in [2.24, 2.45) is 0 Å². The minimum Gasteiger partial charge on any atom is -0.397 e. The third-order valence-corrected chi connectivity index (χ3v) is 4.42. The molecular weight excluding hydrogens is 276 g/mol. The van der Waals surface area contributed by atoms with Gasteiger partial charge in [-0.15, -0.1) is 11.3 Å². The van der Waals surface area contributed by atoms with Crippen molar-refractivity contribution in [2.45, 2.75) is 19.9 Å². The van der Waals surface area contributed by atoms with Gasteiger partial charge in [-0.05, 0) is 21.0 Å². The SMILES string of the molecule is CNC(=O)c1c(NCC(C)N(C)C)sc(C(C)=O)c1N. The summed E-state index contributed by atoms with van der Waals surface area (Å²) in [4.78, 5) is 26.0. The predicted octanol–water partition coefficient (Wildman–Crippen LogP) is 1.25. The van der Waals surface area contributed by atoms with E-state index in [2.05, 4.69) is 22.5 Å². The fourth-order valence-electron chi connectivity index (χ4n) is 1.60. The van der Waals surface area contributed by atoms with E-state index in [0.29, 0.717) is 22.0 Å². The molecule has 1 heterocycles. The number of hydrogen-bond donors (Lipinski definition) is 3. The molecule has 0 radical (unpaired) electrons. The zero-order chi connectivity index (χ0) is 15.4. The van der Waals surface area contributed by atoms with Crippen molar-refractivity contribution in [1.29, 1.82) is 0 Å². The molecule has 6 nitrogen and oxygen atoms in total. The molecule has 0 fully saturated rings. The highest BCUT2D eigenvalue weighted by atomic mass is 32.1. The highest BCUT2D eigenvalue weighted by Crippen LogP contribution is 2.36. The zero-order valence-electron chi connectivity index (χ0n) is 12.5. The number of anilines is 2. The monoisotopic (exact) mass is 298 g/mol. The summed E-state index contributed by atoms with van der Waals surface area (Å²) in [6.45, 7) is 4.17. The lowest BCUT2D eigenvalue weighted by Crippen LogP contribution is -2.31. The van der Waals surface area contributed by atoms with Gasteiger partial charge in [0.15, 0.2) is 5.78 Å². The summed E-state index contributed by atoms with van der Waals surface area (Å²) in [7, 11) is 5.50. The molecule has 20 heavy (non-hydrogen) atoms. The van der Waals surface area contributed by atoms with Gasteiger partial charge in [0.25, 0.3) is 5.91 Å². The van der Waals surface area contributed by atoms with E-state index in [0.717, 1.165) is 0 Å². The number of thiophene rings is 1. The summed E-state index contributed by atoms with van der Waals surface area (Å²) in [5, 5.41) is 6.40. The van der Waals surface area contributed by atoms with Gasteiger partial charge in [-0.2, -0.15) is 0 Å². The standard InChI is InChI=1S/C13H22N4O2S/c1-7(17(4)5)6-16-13-9(12(19)15-3)10(14)11(20-13)8(2)18/h7,16H,6,14H2,1-5H3,(H,15,19). The zero-order valence-corrected chi connectivity index (χ0v) is 13.4. The number of rotatable bonds is 6. The van der Waals surface area contributed by atoms with E-state index >= 15 is 0 Å². The van der Waals surface area contributed by atoms with Crippen LogP contribution in [0.4, 0.5) is 10.7 Å². The van der Waals surface area contributed by atoms with Gasteiger partial charge in [-0.25, -0.2) is 0 Å². The minimum absolute atomic E-state index is 0.133. The first kappa shape index (κ1) is 16.5. The summed E-state index contributed by atoms with van der Waals surface area (Å²) in [6.07, 6.45) is 0. The molecule has 0 aromatic carbocycles. The number of carbonyl (C=O) groups excluding carboxylic acids is 2. The molecule has 4 N–H and O–H groups in total. The van der Waals surface area contributed by atoms with Gasteiger partial charge in [0.1, 0.15) is 5.00 Å². The molecule has 1 rings (SSSR count). The van der Waals surface area contributed by atoms with Crippen LogP contribution in [0.15, 0.2) is 0 Å². The molecule has 0 aliphatic heterocycles. The van der Waals surface area contributed by atoms with Crippen LogP contribution in [0.5, 0.6) is 0 Å². The Kier molecular flexibility index (Phi) is 5.52. The van der Waals surface area contributed by atoms with Crippen LogP contribution in [0.2, 0.25) is 0 Å². The molecule has 7 heteroatoms. The van der Waals surface area contributed by atoms with Crippen LogP contribution in [0.3, 0.4) is 0 Å².